The van der Waals surface area contributed by atoms with Gasteiger partial charge in [0.05, 0.1) is 18.4 Å². The molecule has 5 N–H and O–H groups in total. The molecule has 0 bridgehead atoms. The molecule has 15 nitrogen and oxygen atoms in total. The fourth-order valence-electron chi connectivity index (χ4n) is 6.46. The number of amides is 1. The maximum absolute atomic E-state index is 12.1. The third-order valence-corrected chi connectivity index (χ3v) is 9.31. The van der Waals surface area contributed by atoms with E-state index in [1.165, 1.54) is 0 Å². The molecule has 1 amide bonds. The van der Waals surface area contributed by atoms with Crippen molar-refractivity contribution in [1.82, 2.24) is 34.7 Å². The highest BCUT2D eigenvalue weighted by molar-refractivity contribution is 5.85. The molecular weight excluding hydrogens is 649 g/mol. The van der Waals surface area contributed by atoms with Crippen LogP contribution >= 0.6 is 0 Å². The van der Waals surface area contributed by atoms with Crippen molar-refractivity contribution < 1.29 is 38.1 Å². The molecule has 0 aromatic carbocycles. The average molecular weight is 693 g/mol. The normalized spacial score (nSPS) is 24.6. The summed E-state index contributed by atoms with van der Waals surface area (Å²) in [5.74, 6) is -0.603. The Hall–Kier alpha value is -4.29. The number of aromatic nitrogens is 5. The second-order valence-corrected chi connectivity index (χ2v) is 12.8. The summed E-state index contributed by atoms with van der Waals surface area (Å²) in [7, 11) is 4.19. The number of carbonyl (C=O) groups is 2. The number of aliphatic hydroxyl groups is 2. The number of aliphatic carboxylic acids is 1. The Kier molecular flexibility index (Phi) is 11.1. The van der Waals surface area contributed by atoms with Gasteiger partial charge in [-0.25, -0.2) is 14.8 Å². The Morgan fingerprint density at radius 1 is 1.02 bits per heavy atom. The van der Waals surface area contributed by atoms with Crippen LogP contribution in [0.5, 0.6) is 0 Å². The van der Waals surface area contributed by atoms with Gasteiger partial charge in [0.15, 0.2) is 17.0 Å². The van der Waals surface area contributed by atoms with E-state index in [9.17, 15) is 28.2 Å². The maximum Gasteiger partial charge on any atom is 0.490 e. The monoisotopic (exact) mass is 692 g/mol. The molecule has 1 aliphatic carbocycles. The van der Waals surface area contributed by atoms with Crippen LogP contribution in [0.3, 0.4) is 0 Å². The van der Waals surface area contributed by atoms with E-state index < -0.39 is 36.4 Å². The van der Waals surface area contributed by atoms with Crippen LogP contribution < -0.4 is 20.4 Å². The Labute approximate surface area is 281 Å². The number of hydrogen-bond acceptors (Lipinski definition) is 12. The molecule has 0 unspecified atom stereocenters. The Morgan fingerprint density at radius 3 is 2.31 bits per heavy atom. The standard InChI is InChI=1S/C29H42N10O3.C2HF3O2/c1-4-23(40)33-20-15-21(26(42)25(20)41)39-17-31-24-27(32-18-8-12-37(13-9-18)22-7-5-6-11-30-22)34-29(35-28(24)39)38-14-10-19(16-38)36(2)3;3-2(4,5)1(6)7/h5-7,11,17-21,25-26,41-42H,4,8-10,12-16H2,1-3H3,(H,33,40)(H,32,34,35);(H,6,7)/t19-,20+,21-,25-,26+;/m1./s1. The number of carboxylic acids is 1. The highest BCUT2D eigenvalue weighted by Gasteiger charge is 2.44. The van der Waals surface area contributed by atoms with Crippen molar-refractivity contribution in [3.63, 3.8) is 0 Å². The summed E-state index contributed by atoms with van der Waals surface area (Å²) >= 11 is 0. The molecule has 3 aromatic rings. The number of rotatable bonds is 8. The zero-order valence-corrected chi connectivity index (χ0v) is 27.6. The lowest BCUT2D eigenvalue weighted by atomic mass is 10.0. The lowest BCUT2D eigenvalue weighted by molar-refractivity contribution is -0.192. The second-order valence-electron chi connectivity index (χ2n) is 12.8. The molecule has 5 heterocycles. The lowest BCUT2D eigenvalue weighted by Gasteiger charge is -2.33. The number of piperidine rings is 1. The number of anilines is 3. The predicted molar refractivity (Wildman–Crippen MR) is 174 cm³/mol. The lowest BCUT2D eigenvalue weighted by Crippen LogP contribution is -2.42. The molecule has 5 atom stereocenters. The van der Waals surface area contributed by atoms with E-state index in [4.69, 9.17) is 24.9 Å². The van der Waals surface area contributed by atoms with Crippen molar-refractivity contribution in [2.24, 2.45) is 0 Å². The molecule has 6 rings (SSSR count). The van der Waals surface area contributed by atoms with Gasteiger partial charge < -0.3 is 45.2 Å². The van der Waals surface area contributed by atoms with Gasteiger partial charge in [-0.05, 0) is 51.9 Å². The zero-order valence-electron chi connectivity index (χ0n) is 27.6. The quantitative estimate of drug-likeness (QED) is 0.230. The number of imidazole rings is 1. The molecule has 3 fully saturated rings. The summed E-state index contributed by atoms with van der Waals surface area (Å²) in [6.07, 6.45) is -0.161. The molecule has 268 valence electrons. The van der Waals surface area contributed by atoms with Gasteiger partial charge in [-0.3, -0.25) is 4.79 Å². The first-order valence-electron chi connectivity index (χ1n) is 16.3. The van der Waals surface area contributed by atoms with E-state index >= 15 is 0 Å². The molecule has 49 heavy (non-hydrogen) atoms. The first-order chi connectivity index (χ1) is 23.3. The van der Waals surface area contributed by atoms with Gasteiger partial charge in [0.25, 0.3) is 0 Å². The largest absolute Gasteiger partial charge is 0.490 e. The van der Waals surface area contributed by atoms with Crippen LogP contribution in [-0.4, -0.2) is 133 Å². The van der Waals surface area contributed by atoms with Gasteiger partial charge >= 0.3 is 12.1 Å². The number of likely N-dealkylation sites (N-methyl/N-ethyl adjacent to an activating group) is 1. The number of hydrogen-bond donors (Lipinski definition) is 5. The maximum atomic E-state index is 12.1. The van der Waals surface area contributed by atoms with Crippen LogP contribution in [0, 0.1) is 0 Å². The molecule has 18 heteroatoms. The highest BCUT2D eigenvalue weighted by atomic mass is 19.4. The van der Waals surface area contributed by atoms with Crippen LogP contribution in [0.2, 0.25) is 0 Å². The van der Waals surface area contributed by atoms with Crippen LogP contribution in [-0.2, 0) is 9.59 Å². The number of alkyl halides is 3. The number of halogens is 3. The van der Waals surface area contributed by atoms with Gasteiger partial charge in [0.1, 0.15) is 18.0 Å². The molecule has 2 aliphatic heterocycles. The Bertz CT molecular complexity index is 1590. The first kappa shape index (κ1) is 36.0. The van der Waals surface area contributed by atoms with Gasteiger partial charge in [-0.1, -0.05) is 13.0 Å². The predicted octanol–water partition coefficient (Wildman–Crippen LogP) is 1.64. The number of aliphatic hydroxyl groups excluding tert-OH is 2. The van der Waals surface area contributed by atoms with E-state index in [0.29, 0.717) is 41.8 Å². The second kappa shape index (κ2) is 15.1. The summed E-state index contributed by atoms with van der Waals surface area (Å²) in [6.45, 7) is 5.21. The number of nitrogens with one attached hydrogen (secondary N) is 2. The molecule has 0 spiro atoms. The van der Waals surface area contributed by atoms with E-state index in [0.717, 1.165) is 51.3 Å². The average Bonchev–Trinajstić information content (AvgIpc) is 3.81. The van der Waals surface area contributed by atoms with Gasteiger partial charge in [0.2, 0.25) is 11.9 Å². The van der Waals surface area contributed by atoms with Crippen molar-refractivity contribution in [1.29, 1.82) is 0 Å². The van der Waals surface area contributed by atoms with Crippen molar-refractivity contribution in [2.45, 2.75) is 81.6 Å². The SMILES string of the molecule is CCC(=O)N[C@H]1C[C@@H](n2cnc3c(NC4CCN(c5ccccn5)CC4)nc(N4CC[C@@H](N(C)C)C4)nc32)[C@H](O)[C@@H]1O.O=C(O)C(F)(F)F. The fourth-order valence-corrected chi connectivity index (χ4v) is 6.46. The van der Waals surface area contributed by atoms with Gasteiger partial charge in [-0.15, -0.1) is 0 Å². The van der Waals surface area contributed by atoms with Crippen LogP contribution in [0.1, 0.15) is 45.1 Å². The van der Waals surface area contributed by atoms with Gasteiger partial charge in [-0.2, -0.15) is 23.1 Å². The fraction of sp³-hybridized carbons (Fsp3) is 0.613. The van der Waals surface area contributed by atoms with E-state index in [1.807, 2.05) is 29.0 Å². The Balaban J connectivity index is 0.000000606. The number of carbonyl (C=O) groups excluding carboxylic acids is 1. The van der Waals surface area contributed by atoms with E-state index in [1.54, 1.807) is 13.3 Å². The minimum Gasteiger partial charge on any atom is -0.475 e. The minimum absolute atomic E-state index is 0.156. The highest BCUT2D eigenvalue weighted by Crippen LogP contribution is 2.35. The van der Waals surface area contributed by atoms with Crippen LogP contribution in [0.15, 0.2) is 30.7 Å². The van der Waals surface area contributed by atoms with Crippen LogP contribution in [0.25, 0.3) is 11.2 Å². The van der Waals surface area contributed by atoms with Crippen molar-refractivity contribution in [3.8, 4) is 0 Å². The Morgan fingerprint density at radius 2 is 1.71 bits per heavy atom. The first-order valence-corrected chi connectivity index (χ1v) is 16.3. The summed E-state index contributed by atoms with van der Waals surface area (Å²) in [6, 6.07) is 5.59. The third kappa shape index (κ3) is 8.30. The summed E-state index contributed by atoms with van der Waals surface area (Å²) in [5.41, 5.74) is 1.25. The molecule has 1 saturated carbocycles. The zero-order chi connectivity index (χ0) is 35.5. The molecule has 2 saturated heterocycles. The van der Waals surface area contributed by atoms with Crippen molar-refractivity contribution in [2.75, 3.05) is 55.4 Å². The molecule has 3 aromatic heterocycles. The number of fused-ring (bicyclic) bond motifs is 1. The molecular formula is C31H43F3N10O5. The topological polar surface area (TPSA) is 185 Å². The van der Waals surface area contributed by atoms with E-state index in [-0.39, 0.29) is 11.9 Å². The van der Waals surface area contributed by atoms with E-state index in [2.05, 4.69) is 44.4 Å². The summed E-state index contributed by atoms with van der Waals surface area (Å²) < 4.78 is 33.6. The molecule has 0 radical (unpaired) electrons. The number of pyridine rings is 1. The van der Waals surface area contributed by atoms with Crippen molar-refractivity contribution >= 4 is 40.6 Å². The number of nitrogens with zero attached hydrogens (tertiary/aromatic N) is 8. The number of carboxylic acid groups (broad SMARTS) is 1. The van der Waals surface area contributed by atoms with Gasteiger partial charge in [0, 0.05) is 50.9 Å². The third-order valence-electron chi connectivity index (χ3n) is 9.31. The van der Waals surface area contributed by atoms with Crippen molar-refractivity contribution in [3.05, 3.63) is 30.7 Å². The van der Waals surface area contributed by atoms with Crippen LogP contribution in [0.4, 0.5) is 30.8 Å². The summed E-state index contributed by atoms with van der Waals surface area (Å²) in [5, 5.41) is 35.5. The smallest absolute Gasteiger partial charge is 0.475 e. The molecule has 3 aliphatic rings. The minimum atomic E-state index is -5.08. The summed E-state index contributed by atoms with van der Waals surface area (Å²) in [4.78, 5) is 46.9.